The van der Waals surface area contributed by atoms with Crippen molar-refractivity contribution in [2.75, 3.05) is 50.4 Å². The number of nitrogens with zero attached hydrogens (tertiary/aromatic N) is 7. The van der Waals surface area contributed by atoms with E-state index in [4.69, 9.17) is 22.1 Å². The van der Waals surface area contributed by atoms with Gasteiger partial charge in [0.2, 0.25) is 0 Å². The second-order valence-electron chi connectivity index (χ2n) is 13.8. The van der Waals surface area contributed by atoms with Gasteiger partial charge in [0.05, 0.1) is 6.20 Å². The van der Waals surface area contributed by atoms with Gasteiger partial charge >= 0.3 is 12.2 Å². The summed E-state index contributed by atoms with van der Waals surface area (Å²) in [6.07, 6.45) is 6.76. The number of benzene rings is 1. The third-order valence-electron chi connectivity index (χ3n) is 9.61. The normalized spacial score (nSPS) is 18.4. The van der Waals surface area contributed by atoms with Crippen LogP contribution in [0.3, 0.4) is 0 Å². The van der Waals surface area contributed by atoms with E-state index in [1.807, 2.05) is 19.9 Å². The zero-order chi connectivity index (χ0) is 37.0. The number of pyridine rings is 1. The van der Waals surface area contributed by atoms with E-state index >= 15 is 0 Å². The lowest BCUT2D eigenvalue weighted by molar-refractivity contribution is -0.119. The van der Waals surface area contributed by atoms with Gasteiger partial charge in [-0.05, 0) is 93.4 Å². The summed E-state index contributed by atoms with van der Waals surface area (Å²) in [5.41, 5.74) is 1.34. The van der Waals surface area contributed by atoms with E-state index in [2.05, 4.69) is 61.7 Å². The van der Waals surface area contributed by atoms with Crippen LogP contribution in [0.2, 0.25) is 0 Å². The Bertz CT molecular complexity index is 1600. The van der Waals surface area contributed by atoms with Crippen molar-refractivity contribution in [1.82, 2.24) is 40.2 Å². The van der Waals surface area contributed by atoms with Crippen LogP contribution in [0.1, 0.15) is 51.5 Å². The van der Waals surface area contributed by atoms with Crippen molar-refractivity contribution >= 4 is 53.0 Å². The number of nitrogens with one attached hydrogen (secondary N) is 2. The molecule has 0 saturated carbocycles. The summed E-state index contributed by atoms with van der Waals surface area (Å²) >= 11 is 6.93. The number of piperidine rings is 2. The van der Waals surface area contributed by atoms with E-state index in [0.717, 1.165) is 56.1 Å². The molecule has 1 unspecified atom stereocenters. The number of carbonyl (C=O) groups excluding carboxylic acids is 2. The molecule has 0 bridgehead atoms. The van der Waals surface area contributed by atoms with Crippen molar-refractivity contribution < 1.29 is 24.2 Å². The van der Waals surface area contributed by atoms with Gasteiger partial charge in [0.25, 0.3) is 5.91 Å². The van der Waals surface area contributed by atoms with E-state index < -0.39 is 12.2 Å². The predicted molar refractivity (Wildman–Crippen MR) is 203 cm³/mol. The zero-order valence-corrected chi connectivity index (χ0v) is 31.7. The molecule has 3 aliphatic rings. The fourth-order valence-electron chi connectivity index (χ4n) is 6.43. The van der Waals surface area contributed by atoms with Crippen molar-refractivity contribution in [2.24, 2.45) is 17.8 Å². The molecule has 14 nitrogen and oxygen atoms in total. The Morgan fingerprint density at radius 3 is 2.31 bits per heavy atom. The van der Waals surface area contributed by atoms with Crippen LogP contribution in [0.25, 0.3) is 0 Å². The number of carboxylic acid groups (broad SMARTS) is 1. The van der Waals surface area contributed by atoms with Gasteiger partial charge in [-0.1, -0.05) is 55.9 Å². The maximum atomic E-state index is 12.6. The number of H-pyrrole nitrogens is 1. The smallest absolute Gasteiger partial charge is 0.415 e. The van der Waals surface area contributed by atoms with Gasteiger partial charge in [0.15, 0.2) is 16.0 Å². The molecular formula is C36H49N9O5S2. The summed E-state index contributed by atoms with van der Waals surface area (Å²) in [6, 6.07) is 13.4. The van der Waals surface area contributed by atoms with Crippen LogP contribution >= 0.6 is 24.0 Å². The number of thioether (sulfide) groups is 1. The molecule has 2 aromatic heterocycles. The third kappa shape index (κ3) is 11.1. The molecule has 0 aliphatic carbocycles. The van der Waals surface area contributed by atoms with Gasteiger partial charge in [0, 0.05) is 38.5 Å². The molecule has 0 radical (unpaired) electrons. The maximum absolute atomic E-state index is 12.6. The molecule has 16 heteroatoms. The number of aromatic nitrogens is 4. The van der Waals surface area contributed by atoms with E-state index in [1.54, 1.807) is 28.8 Å². The van der Waals surface area contributed by atoms with Crippen LogP contribution < -0.4 is 15.0 Å². The topological polar surface area (TPSA) is 160 Å². The third-order valence-corrected chi connectivity index (χ3v) is 11.0. The largest absolute Gasteiger partial charge is 0.465 e. The van der Waals surface area contributed by atoms with E-state index in [1.165, 1.54) is 27.9 Å². The molecule has 3 fully saturated rings. The molecule has 3 amide bonds. The quantitative estimate of drug-likeness (QED) is 0.171. The summed E-state index contributed by atoms with van der Waals surface area (Å²) in [7, 11) is 2.15. The van der Waals surface area contributed by atoms with Crippen LogP contribution in [0, 0.1) is 17.8 Å². The lowest BCUT2D eigenvalue weighted by atomic mass is 9.93. The molecule has 1 aromatic carbocycles. The summed E-state index contributed by atoms with van der Waals surface area (Å²) in [5, 5.41) is 19.8. The molecule has 6 rings (SSSR count). The molecule has 0 spiro atoms. The van der Waals surface area contributed by atoms with Crippen LogP contribution in [-0.2, 0) is 11.3 Å². The fraction of sp³-hybridized carbons (Fsp3) is 0.528. The van der Waals surface area contributed by atoms with Gasteiger partial charge in [-0.3, -0.25) is 9.89 Å². The van der Waals surface area contributed by atoms with Crippen molar-refractivity contribution in [1.29, 1.82) is 0 Å². The molecule has 5 heterocycles. The molecule has 52 heavy (non-hydrogen) atoms. The number of hydrogen-bond acceptors (Lipinski definition) is 10. The number of thiocarbonyl (C=S) groups is 1. The van der Waals surface area contributed by atoms with Gasteiger partial charge in [-0.2, -0.15) is 5.10 Å². The first-order chi connectivity index (χ1) is 25.1. The summed E-state index contributed by atoms with van der Waals surface area (Å²) < 4.78 is 5.48. The highest BCUT2D eigenvalue weighted by Crippen LogP contribution is 2.26. The number of likely N-dealkylation sites (tertiary alicyclic amines) is 2. The summed E-state index contributed by atoms with van der Waals surface area (Å²) in [5.74, 6) is 2.83. The van der Waals surface area contributed by atoms with E-state index in [0.29, 0.717) is 54.7 Å². The van der Waals surface area contributed by atoms with Gasteiger partial charge in [-0.25, -0.2) is 24.5 Å². The second kappa shape index (κ2) is 19.0. The minimum Gasteiger partial charge on any atom is -0.465 e. The molecule has 3 N–H and O–H groups in total. The lowest BCUT2D eigenvalue weighted by Crippen LogP contribution is -2.40. The SMILES string of the molecule is CC(C)C1NC(=S)N(c2ccc(OC(=O)N3CCC(CSc4ncn[nH]4)CC3)cn2)C1=O.CN(CCC1CCN(C(=O)O)CC1)Cc1ccccc1. The summed E-state index contributed by atoms with van der Waals surface area (Å²) in [6.45, 7) is 8.65. The number of hydrogen-bond donors (Lipinski definition) is 3. The molecule has 3 saturated heterocycles. The molecule has 3 aliphatic heterocycles. The van der Waals surface area contributed by atoms with Crippen LogP contribution in [0.5, 0.6) is 5.75 Å². The van der Waals surface area contributed by atoms with Gasteiger partial charge in [0.1, 0.15) is 18.2 Å². The standard InChI is InChI=1S/C20H25N7O3S2.C16H24N2O2/c1-12(2)16-17(28)27(19(31)24-16)15-4-3-14(9-21-15)30-20(29)26-7-5-13(6-8-26)10-32-18-22-11-23-25-18;1-17(13-15-5-3-2-4-6-15)10-7-14-8-11-18(12-9-14)16(19)20/h3-4,9,11-13,16H,5-8,10H2,1-2H3,(H,24,31)(H,22,23,25);2-6,14H,7-13H2,1H3,(H,19,20). The average Bonchev–Trinajstić information content (AvgIpc) is 3.78. The Balaban J connectivity index is 0.000000225. The number of anilines is 1. The first kappa shape index (κ1) is 38.9. The Kier molecular flexibility index (Phi) is 14.2. The van der Waals surface area contributed by atoms with Crippen LogP contribution in [0.15, 0.2) is 60.1 Å². The highest BCUT2D eigenvalue weighted by Gasteiger charge is 2.38. The fourth-order valence-corrected chi connectivity index (χ4v) is 7.71. The number of amides is 3. The Morgan fingerprint density at radius 1 is 1.02 bits per heavy atom. The first-order valence-corrected chi connectivity index (χ1v) is 19.2. The minimum absolute atomic E-state index is 0.107. The zero-order valence-electron chi connectivity index (χ0n) is 30.0. The van der Waals surface area contributed by atoms with Crippen LogP contribution in [-0.4, -0.2) is 115 Å². The number of ether oxygens (including phenoxy) is 1. The Morgan fingerprint density at radius 2 is 1.71 bits per heavy atom. The van der Waals surface area contributed by atoms with Crippen molar-refractivity contribution in [3.05, 3.63) is 60.6 Å². The maximum Gasteiger partial charge on any atom is 0.415 e. The van der Waals surface area contributed by atoms with Crippen molar-refractivity contribution in [2.45, 2.75) is 63.7 Å². The number of aromatic amines is 1. The number of rotatable bonds is 11. The second-order valence-corrected chi connectivity index (χ2v) is 15.2. The molecular weight excluding hydrogens is 703 g/mol. The summed E-state index contributed by atoms with van der Waals surface area (Å²) in [4.78, 5) is 51.3. The molecule has 1 atom stereocenters. The first-order valence-electron chi connectivity index (χ1n) is 17.8. The molecule has 3 aromatic rings. The highest BCUT2D eigenvalue weighted by atomic mass is 32.2. The van der Waals surface area contributed by atoms with E-state index in [-0.39, 0.29) is 17.9 Å². The predicted octanol–water partition coefficient (Wildman–Crippen LogP) is 5.35. The minimum atomic E-state index is -0.773. The monoisotopic (exact) mass is 751 g/mol. The van der Waals surface area contributed by atoms with E-state index in [9.17, 15) is 14.4 Å². The van der Waals surface area contributed by atoms with Crippen LogP contribution in [0.4, 0.5) is 15.4 Å². The average molecular weight is 752 g/mol. The van der Waals surface area contributed by atoms with Crippen molar-refractivity contribution in [3.63, 3.8) is 0 Å². The van der Waals surface area contributed by atoms with Crippen molar-refractivity contribution in [3.8, 4) is 5.75 Å². The number of carbonyl (C=O) groups is 3. The Hall–Kier alpha value is -4.28. The van der Waals surface area contributed by atoms with Gasteiger partial charge < -0.3 is 29.9 Å². The molecule has 280 valence electrons. The Labute approximate surface area is 314 Å². The highest BCUT2D eigenvalue weighted by molar-refractivity contribution is 7.99. The lowest BCUT2D eigenvalue weighted by Gasteiger charge is -2.31. The van der Waals surface area contributed by atoms with Gasteiger partial charge in [-0.15, -0.1) is 0 Å².